The topological polar surface area (TPSA) is 73.2 Å². The highest BCUT2D eigenvalue weighted by molar-refractivity contribution is 6.31. The van der Waals surface area contributed by atoms with E-state index in [4.69, 9.17) is 27.9 Å². The minimum atomic E-state index is -0.462. The third kappa shape index (κ3) is 5.17. The van der Waals surface area contributed by atoms with E-state index in [1.165, 1.54) is 10.7 Å². The normalized spacial score (nSPS) is 10.6. The summed E-state index contributed by atoms with van der Waals surface area (Å²) in [6, 6.07) is 22.1. The highest BCUT2D eigenvalue weighted by atomic mass is 35.5. The van der Waals surface area contributed by atoms with E-state index >= 15 is 0 Å². The average molecular weight is 466 g/mol. The molecule has 0 saturated heterocycles. The lowest BCUT2D eigenvalue weighted by Crippen LogP contribution is -2.16. The zero-order valence-corrected chi connectivity index (χ0v) is 18.2. The van der Waals surface area contributed by atoms with Crippen LogP contribution in [0.2, 0.25) is 10.0 Å². The molecule has 0 fully saturated rings. The molecule has 6 nitrogen and oxygen atoms in total. The summed E-state index contributed by atoms with van der Waals surface area (Å²) in [6.07, 6.45) is 1.62. The molecule has 0 bridgehead atoms. The molecule has 1 heterocycles. The van der Waals surface area contributed by atoms with Gasteiger partial charge in [-0.05, 0) is 42.5 Å². The number of rotatable bonds is 7. The number of benzene rings is 3. The van der Waals surface area contributed by atoms with Crippen molar-refractivity contribution in [2.45, 2.75) is 6.73 Å². The number of amides is 1. The Balaban J connectivity index is 1.48. The number of aromatic nitrogens is 2. The fraction of sp³-hybridized carbons (Fsp3) is 0.0417. The van der Waals surface area contributed by atoms with Crippen molar-refractivity contribution in [3.63, 3.8) is 0 Å². The Bertz CT molecular complexity index is 1270. The first-order valence-corrected chi connectivity index (χ1v) is 10.4. The molecule has 160 valence electrons. The zero-order chi connectivity index (χ0) is 22.5. The number of halogens is 2. The number of carbonyl (C=O) groups is 2. The van der Waals surface area contributed by atoms with Gasteiger partial charge < -0.3 is 10.1 Å². The first-order chi connectivity index (χ1) is 15.5. The minimum Gasteiger partial charge on any atom is -0.471 e. The van der Waals surface area contributed by atoms with Crippen LogP contribution in [0, 0.1) is 0 Å². The molecule has 0 unspecified atom stereocenters. The van der Waals surface area contributed by atoms with Gasteiger partial charge in [0, 0.05) is 27.4 Å². The summed E-state index contributed by atoms with van der Waals surface area (Å²) in [7, 11) is 0. The molecule has 0 atom stereocenters. The predicted molar refractivity (Wildman–Crippen MR) is 124 cm³/mol. The Morgan fingerprint density at radius 2 is 1.69 bits per heavy atom. The third-order valence-electron chi connectivity index (χ3n) is 4.54. The number of ketones is 1. The first kappa shape index (κ1) is 21.6. The molecule has 32 heavy (non-hydrogen) atoms. The number of ether oxygens (including phenoxy) is 1. The van der Waals surface area contributed by atoms with Gasteiger partial charge in [-0.25, -0.2) is 4.68 Å². The van der Waals surface area contributed by atoms with E-state index < -0.39 is 5.91 Å². The highest BCUT2D eigenvalue weighted by Gasteiger charge is 2.18. The molecule has 0 saturated carbocycles. The summed E-state index contributed by atoms with van der Waals surface area (Å²) < 4.78 is 7.10. The van der Waals surface area contributed by atoms with Crippen LogP contribution >= 0.6 is 23.2 Å². The van der Waals surface area contributed by atoms with Crippen LogP contribution in [0.4, 0.5) is 5.69 Å². The lowest BCUT2D eigenvalue weighted by Gasteiger charge is -2.10. The van der Waals surface area contributed by atoms with Crippen molar-refractivity contribution in [1.82, 2.24) is 9.78 Å². The maximum absolute atomic E-state index is 12.9. The van der Waals surface area contributed by atoms with Gasteiger partial charge in [0.25, 0.3) is 5.91 Å². The van der Waals surface area contributed by atoms with Crippen molar-refractivity contribution in [1.29, 1.82) is 0 Å². The molecule has 8 heteroatoms. The molecule has 3 aromatic carbocycles. The van der Waals surface area contributed by atoms with E-state index in [0.29, 0.717) is 32.6 Å². The minimum absolute atomic E-state index is 0.103. The second kappa shape index (κ2) is 9.68. The molecular formula is C24H17Cl2N3O3. The van der Waals surface area contributed by atoms with Crippen LogP contribution in [0.25, 0.3) is 0 Å². The second-order valence-corrected chi connectivity index (χ2v) is 7.68. The Labute approximate surface area is 194 Å². The van der Waals surface area contributed by atoms with E-state index in [1.54, 1.807) is 72.9 Å². The summed E-state index contributed by atoms with van der Waals surface area (Å²) in [5.74, 6) is -0.121. The second-order valence-electron chi connectivity index (χ2n) is 6.81. The van der Waals surface area contributed by atoms with Crippen LogP contribution in [-0.4, -0.2) is 21.5 Å². The Hall–Kier alpha value is -3.61. The average Bonchev–Trinajstić information content (AvgIpc) is 3.28. The summed E-state index contributed by atoms with van der Waals surface area (Å²) in [6.45, 7) is 0.103. The van der Waals surface area contributed by atoms with Crippen LogP contribution in [-0.2, 0) is 6.73 Å². The largest absolute Gasteiger partial charge is 0.471 e. The van der Waals surface area contributed by atoms with Crippen molar-refractivity contribution in [2.75, 3.05) is 5.32 Å². The van der Waals surface area contributed by atoms with Crippen molar-refractivity contribution < 1.29 is 14.3 Å². The summed E-state index contributed by atoms with van der Waals surface area (Å²) >= 11 is 12.0. The van der Waals surface area contributed by atoms with E-state index in [0.717, 1.165) is 0 Å². The lowest BCUT2D eigenvalue weighted by atomic mass is 10.0. The maximum atomic E-state index is 12.9. The quantitative estimate of drug-likeness (QED) is 0.354. The van der Waals surface area contributed by atoms with Gasteiger partial charge in [-0.3, -0.25) is 9.59 Å². The fourth-order valence-electron chi connectivity index (χ4n) is 3.00. The molecule has 4 rings (SSSR count). The summed E-state index contributed by atoms with van der Waals surface area (Å²) in [5.41, 5.74) is 1.30. The van der Waals surface area contributed by atoms with Crippen LogP contribution in [0.3, 0.4) is 0 Å². The van der Waals surface area contributed by atoms with Crippen LogP contribution in [0.5, 0.6) is 5.75 Å². The van der Waals surface area contributed by atoms with Crippen LogP contribution in [0.15, 0.2) is 85.1 Å². The monoisotopic (exact) mass is 465 g/mol. The summed E-state index contributed by atoms with van der Waals surface area (Å²) in [5, 5.41) is 7.93. The van der Waals surface area contributed by atoms with Gasteiger partial charge in [0.2, 0.25) is 0 Å². The number of hydrogen-bond donors (Lipinski definition) is 1. The summed E-state index contributed by atoms with van der Waals surface area (Å²) in [4.78, 5) is 25.7. The number of nitrogens with zero attached hydrogens (tertiary/aromatic N) is 2. The van der Waals surface area contributed by atoms with Gasteiger partial charge in [-0.1, -0.05) is 59.6 Å². The van der Waals surface area contributed by atoms with Crippen LogP contribution in [0.1, 0.15) is 26.4 Å². The van der Waals surface area contributed by atoms with Gasteiger partial charge >= 0.3 is 0 Å². The number of hydrogen-bond acceptors (Lipinski definition) is 4. The van der Waals surface area contributed by atoms with E-state index in [9.17, 15) is 9.59 Å². The fourth-order valence-corrected chi connectivity index (χ4v) is 3.35. The maximum Gasteiger partial charge on any atom is 0.276 e. The Kier molecular flexibility index (Phi) is 6.54. The Morgan fingerprint density at radius 3 is 2.47 bits per heavy atom. The number of anilines is 1. The third-order valence-corrected chi connectivity index (χ3v) is 5.01. The molecule has 1 amide bonds. The van der Waals surface area contributed by atoms with E-state index in [-0.39, 0.29) is 18.2 Å². The molecule has 0 spiro atoms. The van der Waals surface area contributed by atoms with Gasteiger partial charge in [0.05, 0.1) is 5.69 Å². The SMILES string of the molecule is O=C(Nc1ccc(Cl)cc1C(=O)c1ccccc1)c1ccn(COc2cccc(Cl)c2)n1. The van der Waals surface area contributed by atoms with E-state index in [2.05, 4.69) is 10.4 Å². The molecule has 0 aliphatic heterocycles. The van der Waals surface area contributed by atoms with Crippen molar-refractivity contribution in [2.24, 2.45) is 0 Å². The van der Waals surface area contributed by atoms with Crippen molar-refractivity contribution in [3.8, 4) is 5.75 Å². The number of nitrogens with one attached hydrogen (secondary N) is 1. The van der Waals surface area contributed by atoms with E-state index in [1.807, 2.05) is 6.07 Å². The zero-order valence-electron chi connectivity index (χ0n) is 16.7. The molecule has 1 N–H and O–H groups in total. The molecule has 0 aliphatic carbocycles. The molecule has 1 aromatic heterocycles. The number of carbonyl (C=O) groups excluding carboxylic acids is 2. The van der Waals surface area contributed by atoms with Crippen molar-refractivity contribution >= 4 is 40.6 Å². The van der Waals surface area contributed by atoms with Gasteiger partial charge in [-0.15, -0.1) is 0 Å². The van der Waals surface area contributed by atoms with Crippen molar-refractivity contribution in [3.05, 3.63) is 112 Å². The lowest BCUT2D eigenvalue weighted by molar-refractivity contribution is 0.102. The molecule has 0 radical (unpaired) electrons. The Morgan fingerprint density at radius 1 is 0.906 bits per heavy atom. The first-order valence-electron chi connectivity index (χ1n) is 9.62. The van der Waals surface area contributed by atoms with Crippen LogP contribution < -0.4 is 10.1 Å². The smallest absolute Gasteiger partial charge is 0.276 e. The standard InChI is InChI=1S/C24H17Cl2N3O3/c25-17-7-4-8-19(13-17)32-15-29-12-11-22(28-29)24(31)27-21-10-9-18(26)14-20(21)23(30)16-5-2-1-3-6-16/h1-14H,15H2,(H,27,31). The molecule has 4 aromatic rings. The molecular weight excluding hydrogens is 449 g/mol. The van der Waals surface area contributed by atoms with Gasteiger partial charge in [-0.2, -0.15) is 5.10 Å². The predicted octanol–water partition coefficient (Wildman–Crippen LogP) is 5.71. The van der Waals surface area contributed by atoms with Gasteiger partial charge in [0.1, 0.15) is 5.75 Å². The highest BCUT2D eigenvalue weighted by Crippen LogP contribution is 2.24. The molecule has 0 aliphatic rings. The van der Waals surface area contributed by atoms with Gasteiger partial charge in [0.15, 0.2) is 18.2 Å².